The van der Waals surface area contributed by atoms with Gasteiger partial charge < -0.3 is 4.74 Å². The first kappa shape index (κ1) is 16.5. The molecule has 0 bridgehead atoms. The third-order valence-electron chi connectivity index (χ3n) is 3.99. The molecule has 118 valence electrons. The highest BCUT2D eigenvalue weighted by atomic mass is 16.5. The lowest BCUT2D eigenvalue weighted by Gasteiger charge is -2.11. The third-order valence-corrected chi connectivity index (χ3v) is 3.99. The Morgan fingerprint density at radius 3 is 2.50 bits per heavy atom. The molecule has 2 rings (SSSR count). The van der Waals surface area contributed by atoms with Crippen molar-refractivity contribution in [3.8, 4) is 5.75 Å². The summed E-state index contributed by atoms with van der Waals surface area (Å²) in [6.45, 7) is 4.55. The molecule has 0 N–H and O–H groups in total. The molecule has 0 unspecified atom stereocenters. The second-order valence-corrected chi connectivity index (χ2v) is 5.87. The molecule has 2 nitrogen and oxygen atoms in total. The van der Waals surface area contributed by atoms with Crippen molar-refractivity contribution < 1.29 is 9.53 Å². The van der Waals surface area contributed by atoms with Crippen molar-refractivity contribution in [2.75, 3.05) is 6.61 Å². The Kier molecular flexibility index (Phi) is 6.45. The molecule has 0 atom stereocenters. The molecule has 0 saturated carbocycles. The van der Waals surface area contributed by atoms with E-state index in [0.29, 0.717) is 0 Å². The summed E-state index contributed by atoms with van der Waals surface area (Å²) in [6.07, 6.45) is 7.49. The number of fused-ring (bicyclic) bond motifs is 1. The van der Waals surface area contributed by atoms with Crippen LogP contribution in [0.2, 0.25) is 0 Å². The van der Waals surface area contributed by atoms with Gasteiger partial charge in [-0.1, -0.05) is 63.3 Å². The van der Waals surface area contributed by atoms with Crippen molar-refractivity contribution in [2.24, 2.45) is 0 Å². The highest BCUT2D eigenvalue weighted by Crippen LogP contribution is 2.28. The number of carbonyl (C=O) groups excluding carboxylic acids is 1. The van der Waals surface area contributed by atoms with Gasteiger partial charge in [0.25, 0.3) is 0 Å². The van der Waals surface area contributed by atoms with Crippen LogP contribution in [-0.2, 0) is 0 Å². The number of ketones is 1. The molecule has 0 amide bonds. The Morgan fingerprint density at radius 2 is 1.73 bits per heavy atom. The van der Waals surface area contributed by atoms with Crippen LogP contribution in [0.5, 0.6) is 5.75 Å². The number of hydrogen-bond acceptors (Lipinski definition) is 2. The van der Waals surface area contributed by atoms with Crippen molar-refractivity contribution in [3.05, 3.63) is 42.0 Å². The van der Waals surface area contributed by atoms with Gasteiger partial charge in [-0.15, -0.1) is 0 Å². The zero-order valence-corrected chi connectivity index (χ0v) is 13.7. The van der Waals surface area contributed by atoms with E-state index in [1.54, 1.807) is 6.92 Å². The van der Waals surface area contributed by atoms with Gasteiger partial charge in [0.05, 0.1) is 6.61 Å². The molecule has 2 aromatic rings. The number of unbranched alkanes of at least 4 members (excludes halogenated alkanes) is 5. The number of rotatable bonds is 9. The van der Waals surface area contributed by atoms with Crippen LogP contribution in [-0.4, -0.2) is 12.4 Å². The molecule has 0 spiro atoms. The topological polar surface area (TPSA) is 26.3 Å². The zero-order chi connectivity index (χ0) is 15.8. The minimum atomic E-state index is 0.0789. The maximum absolute atomic E-state index is 11.7. The van der Waals surface area contributed by atoms with E-state index in [1.165, 1.54) is 32.1 Å². The van der Waals surface area contributed by atoms with Gasteiger partial charge in [-0.25, -0.2) is 0 Å². The maximum atomic E-state index is 11.7. The Morgan fingerprint density at radius 1 is 1.00 bits per heavy atom. The number of Topliss-reactive ketones (excluding diaryl/α,β-unsaturated/α-hetero) is 1. The molecule has 0 saturated heterocycles. The standard InChI is InChI=1S/C20H26O2/c1-3-4-5-6-7-10-13-22-20-15-18(16(2)21)14-17-11-8-9-12-19(17)20/h8-9,11-12,14-15H,3-7,10,13H2,1-2H3. The predicted octanol–water partition coefficient (Wildman–Crippen LogP) is 5.78. The Labute approximate surface area is 133 Å². The lowest BCUT2D eigenvalue weighted by molar-refractivity contribution is 0.101. The summed E-state index contributed by atoms with van der Waals surface area (Å²) in [5.74, 6) is 0.909. The Hall–Kier alpha value is -1.83. The van der Waals surface area contributed by atoms with Crippen molar-refractivity contribution in [1.29, 1.82) is 0 Å². The van der Waals surface area contributed by atoms with Crippen LogP contribution in [0.25, 0.3) is 10.8 Å². The number of benzene rings is 2. The second-order valence-electron chi connectivity index (χ2n) is 5.87. The minimum absolute atomic E-state index is 0.0789. The minimum Gasteiger partial charge on any atom is -0.493 e. The van der Waals surface area contributed by atoms with Gasteiger partial charge >= 0.3 is 0 Å². The van der Waals surface area contributed by atoms with Crippen molar-refractivity contribution >= 4 is 16.6 Å². The van der Waals surface area contributed by atoms with E-state index in [1.807, 2.05) is 30.3 Å². The van der Waals surface area contributed by atoms with Crippen molar-refractivity contribution in [3.63, 3.8) is 0 Å². The summed E-state index contributed by atoms with van der Waals surface area (Å²) >= 11 is 0. The molecular formula is C20H26O2. The van der Waals surface area contributed by atoms with Crippen molar-refractivity contribution in [2.45, 2.75) is 52.4 Å². The maximum Gasteiger partial charge on any atom is 0.159 e. The normalized spacial score (nSPS) is 10.8. The number of ether oxygens (including phenoxy) is 1. The van der Waals surface area contributed by atoms with Crippen LogP contribution in [0, 0.1) is 0 Å². The predicted molar refractivity (Wildman–Crippen MR) is 92.8 cm³/mol. The molecule has 2 aromatic carbocycles. The zero-order valence-electron chi connectivity index (χ0n) is 13.7. The van der Waals surface area contributed by atoms with Crippen LogP contribution in [0.1, 0.15) is 62.7 Å². The van der Waals surface area contributed by atoms with Crippen LogP contribution >= 0.6 is 0 Å². The molecule has 0 heterocycles. The van der Waals surface area contributed by atoms with Gasteiger partial charge in [-0.3, -0.25) is 4.79 Å². The molecule has 0 aliphatic heterocycles. The second kappa shape index (κ2) is 8.57. The van der Waals surface area contributed by atoms with Crippen LogP contribution in [0.15, 0.2) is 36.4 Å². The fourth-order valence-corrected chi connectivity index (χ4v) is 2.66. The summed E-state index contributed by atoms with van der Waals surface area (Å²) in [7, 11) is 0. The molecule has 2 heteroatoms. The number of carbonyl (C=O) groups is 1. The Balaban J connectivity index is 1.99. The molecule has 22 heavy (non-hydrogen) atoms. The lowest BCUT2D eigenvalue weighted by Crippen LogP contribution is -2.00. The van der Waals surface area contributed by atoms with Gasteiger partial charge in [-0.2, -0.15) is 0 Å². The van der Waals surface area contributed by atoms with Crippen molar-refractivity contribution in [1.82, 2.24) is 0 Å². The summed E-state index contributed by atoms with van der Waals surface area (Å²) in [4.78, 5) is 11.7. The fourth-order valence-electron chi connectivity index (χ4n) is 2.66. The van der Waals surface area contributed by atoms with E-state index in [9.17, 15) is 4.79 Å². The summed E-state index contributed by atoms with van der Waals surface area (Å²) < 4.78 is 5.96. The van der Waals surface area contributed by atoms with Crippen LogP contribution < -0.4 is 4.74 Å². The van der Waals surface area contributed by atoms with Gasteiger partial charge in [0.1, 0.15) is 5.75 Å². The van der Waals surface area contributed by atoms with E-state index in [4.69, 9.17) is 4.74 Å². The van der Waals surface area contributed by atoms with Gasteiger partial charge in [0, 0.05) is 10.9 Å². The molecular weight excluding hydrogens is 272 g/mol. The molecule has 0 radical (unpaired) electrons. The first-order valence-electron chi connectivity index (χ1n) is 8.39. The van der Waals surface area contributed by atoms with Gasteiger partial charge in [-0.05, 0) is 30.9 Å². The highest BCUT2D eigenvalue weighted by molar-refractivity contribution is 6.00. The fraction of sp³-hybridized carbons (Fsp3) is 0.450. The quantitative estimate of drug-likeness (QED) is 0.433. The average molecular weight is 298 g/mol. The summed E-state index contributed by atoms with van der Waals surface area (Å²) in [5, 5.41) is 2.15. The molecule has 0 aliphatic carbocycles. The third kappa shape index (κ3) is 4.59. The number of hydrogen-bond donors (Lipinski definition) is 0. The van der Waals surface area contributed by atoms with E-state index in [0.717, 1.165) is 35.1 Å². The highest BCUT2D eigenvalue weighted by Gasteiger charge is 2.08. The monoisotopic (exact) mass is 298 g/mol. The van der Waals surface area contributed by atoms with E-state index < -0.39 is 0 Å². The van der Waals surface area contributed by atoms with Gasteiger partial charge in [0.2, 0.25) is 0 Å². The lowest BCUT2D eigenvalue weighted by atomic mass is 10.0. The SMILES string of the molecule is CCCCCCCCOc1cc(C(C)=O)cc2ccccc12. The smallest absolute Gasteiger partial charge is 0.159 e. The van der Waals surface area contributed by atoms with E-state index in [-0.39, 0.29) is 5.78 Å². The van der Waals surface area contributed by atoms with Crippen LogP contribution in [0.4, 0.5) is 0 Å². The first-order chi connectivity index (χ1) is 10.7. The molecule has 0 aromatic heterocycles. The molecule has 0 fully saturated rings. The summed E-state index contributed by atoms with van der Waals surface area (Å²) in [6, 6.07) is 11.9. The van der Waals surface area contributed by atoms with E-state index >= 15 is 0 Å². The first-order valence-corrected chi connectivity index (χ1v) is 8.39. The largest absolute Gasteiger partial charge is 0.493 e. The Bertz CT molecular complexity index is 616. The summed E-state index contributed by atoms with van der Waals surface area (Å²) in [5.41, 5.74) is 0.719. The van der Waals surface area contributed by atoms with Gasteiger partial charge in [0.15, 0.2) is 5.78 Å². The average Bonchev–Trinajstić information content (AvgIpc) is 2.53. The van der Waals surface area contributed by atoms with E-state index in [2.05, 4.69) is 13.0 Å². The molecule has 0 aliphatic rings. The van der Waals surface area contributed by atoms with Crippen LogP contribution in [0.3, 0.4) is 0 Å².